The Morgan fingerprint density at radius 1 is 1.16 bits per heavy atom. The highest BCUT2D eigenvalue weighted by atomic mass is 16.6. The molecule has 0 aliphatic carbocycles. The normalized spacial score (nSPS) is 12.3. The van der Waals surface area contributed by atoms with Crippen molar-refractivity contribution in [2.75, 3.05) is 0 Å². The van der Waals surface area contributed by atoms with Crippen LogP contribution < -0.4 is 16.6 Å². The van der Waals surface area contributed by atoms with Gasteiger partial charge in [0.1, 0.15) is 11.6 Å². The van der Waals surface area contributed by atoms with Crippen LogP contribution in [0.2, 0.25) is 0 Å². The number of carbonyl (C=O) groups is 2. The lowest BCUT2D eigenvalue weighted by Gasteiger charge is -2.22. The Bertz CT molecular complexity index is 1090. The molecule has 31 heavy (non-hydrogen) atoms. The van der Waals surface area contributed by atoms with Gasteiger partial charge in [0, 0.05) is 19.2 Å². The van der Waals surface area contributed by atoms with Crippen molar-refractivity contribution in [2.45, 2.75) is 52.4 Å². The summed E-state index contributed by atoms with van der Waals surface area (Å²) in [5, 5.41) is 21.2. The summed E-state index contributed by atoms with van der Waals surface area (Å²) in [7, 11) is 1.50. The number of amides is 1. The van der Waals surface area contributed by atoms with Crippen LogP contribution in [0.15, 0.2) is 33.9 Å². The van der Waals surface area contributed by atoms with E-state index >= 15 is 0 Å². The SMILES string of the molecule is Cc1c(CO)c(=O)n(-c2ccc(CC(NC(=O)OC(C)(C)C)C(=O)O)cc2)c(=O)n1C. The van der Waals surface area contributed by atoms with Gasteiger partial charge < -0.3 is 24.8 Å². The first-order valence-electron chi connectivity index (χ1n) is 9.59. The highest BCUT2D eigenvalue weighted by Gasteiger charge is 2.24. The molecule has 0 bridgehead atoms. The van der Waals surface area contributed by atoms with Gasteiger partial charge in [-0.2, -0.15) is 0 Å². The molecule has 10 nitrogen and oxygen atoms in total. The van der Waals surface area contributed by atoms with Crippen molar-refractivity contribution in [1.29, 1.82) is 0 Å². The molecule has 0 saturated carbocycles. The van der Waals surface area contributed by atoms with E-state index in [0.717, 1.165) is 4.57 Å². The molecule has 2 rings (SSSR count). The van der Waals surface area contributed by atoms with Crippen molar-refractivity contribution in [1.82, 2.24) is 14.5 Å². The second-order valence-electron chi connectivity index (χ2n) is 8.11. The van der Waals surface area contributed by atoms with Crippen LogP contribution >= 0.6 is 0 Å². The Morgan fingerprint density at radius 2 is 1.74 bits per heavy atom. The van der Waals surface area contributed by atoms with E-state index < -0.39 is 41.6 Å². The number of benzene rings is 1. The number of carboxylic acids is 1. The van der Waals surface area contributed by atoms with Gasteiger partial charge in [-0.15, -0.1) is 0 Å². The molecule has 0 saturated heterocycles. The minimum Gasteiger partial charge on any atom is -0.480 e. The molecule has 1 amide bonds. The van der Waals surface area contributed by atoms with Gasteiger partial charge in [0.15, 0.2) is 0 Å². The lowest BCUT2D eigenvalue weighted by Crippen LogP contribution is -2.44. The first-order valence-corrected chi connectivity index (χ1v) is 9.59. The van der Waals surface area contributed by atoms with E-state index in [1.165, 1.54) is 23.7 Å². The van der Waals surface area contributed by atoms with Crippen LogP contribution in [0.25, 0.3) is 5.69 Å². The van der Waals surface area contributed by atoms with Gasteiger partial charge in [0.05, 0.1) is 17.9 Å². The number of aliphatic hydroxyl groups is 1. The molecule has 1 unspecified atom stereocenters. The number of aliphatic carboxylic acids is 1. The number of hydrogen-bond acceptors (Lipinski definition) is 6. The molecule has 168 valence electrons. The smallest absolute Gasteiger partial charge is 0.408 e. The Morgan fingerprint density at radius 3 is 2.23 bits per heavy atom. The van der Waals surface area contributed by atoms with Crippen molar-refractivity contribution < 1.29 is 24.5 Å². The number of ether oxygens (including phenoxy) is 1. The minimum atomic E-state index is -1.23. The van der Waals surface area contributed by atoms with E-state index in [2.05, 4.69) is 5.32 Å². The molecule has 0 aliphatic heterocycles. The number of carbonyl (C=O) groups excluding carboxylic acids is 1. The number of carboxylic acid groups (broad SMARTS) is 1. The highest BCUT2D eigenvalue weighted by molar-refractivity contribution is 5.80. The molecule has 0 radical (unpaired) electrons. The van der Waals surface area contributed by atoms with Gasteiger partial charge in [-0.25, -0.2) is 19.0 Å². The molecule has 0 spiro atoms. The molecule has 1 aromatic heterocycles. The molecule has 10 heteroatoms. The van der Waals surface area contributed by atoms with Crippen LogP contribution in [0.3, 0.4) is 0 Å². The third kappa shape index (κ3) is 5.60. The lowest BCUT2D eigenvalue weighted by atomic mass is 10.1. The maximum atomic E-state index is 12.6. The van der Waals surface area contributed by atoms with Crippen molar-refractivity contribution in [2.24, 2.45) is 7.05 Å². The third-order valence-corrected chi connectivity index (χ3v) is 4.66. The van der Waals surface area contributed by atoms with Gasteiger partial charge >= 0.3 is 17.8 Å². The number of rotatable bonds is 6. The predicted octanol–water partition coefficient (Wildman–Crippen LogP) is 0.857. The average molecular weight is 433 g/mol. The standard InChI is InChI=1S/C21H27N3O7/c1-12-15(11-25)17(26)24(20(30)23(12)5)14-8-6-13(7-9-14)10-16(18(27)28)22-19(29)31-21(2,3)4/h6-9,16,25H,10-11H2,1-5H3,(H,22,29)(H,27,28). The fourth-order valence-corrected chi connectivity index (χ4v) is 2.95. The van der Waals surface area contributed by atoms with Crippen LogP contribution in [0.4, 0.5) is 4.79 Å². The number of aromatic nitrogens is 2. The highest BCUT2D eigenvalue weighted by Crippen LogP contribution is 2.12. The summed E-state index contributed by atoms with van der Waals surface area (Å²) in [5.74, 6) is -1.23. The number of alkyl carbamates (subject to hydrolysis) is 1. The van der Waals surface area contributed by atoms with E-state index in [1.54, 1.807) is 39.8 Å². The largest absolute Gasteiger partial charge is 0.480 e. The lowest BCUT2D eigenvalue weighted by molar-refractivity contribution is -0.139. The van der Waals surface area contributed by atoms with Crippen molar-refractivity contribution in [3.05, 3.63) is 61.9 Å². The average Bonchev–Trinajstić information content (AvgIpc) is 2.66. The molecule has 1 heterocycles. The van der Waals surface area contributed by atoms with Crippen molar-refractivity contribution in [3.8, 4) is 5.69 Å². The summed E-state index contributed by atoms with van der Waals surface area (Å²) in [4.78, 5) is 48.6. The quantitative estimate of drug-likeness (QED) is 0.614. The zero-order chi connectivity index (χ0) is 23.5. The summed E-state index contributed by atoms with van der Waals surface area (Å²) in [6.07, 6.45) is -0.875. The molecule has 0 aliphatic rings. The zero-order valence-corrected chi connectivity index (χ0v) is 18.1. The number of hydrogen-bond donors (Lipinski definition) is 3. The van der Waals surface area contributed by atoms with Crippen LogP contribution in [0, 0.1) is 6.92 Å². The molecular weight excluding hydrogens is 406 g/mol. The summed E-state index contributed by atoms with van der Waals surface area (Å²) in [6, 6.07) is 4.90. The first kappa shape index (κ1) is 23.9. The summed E-state index contributed by atoms with van der Waals surface area (Å²) in [6.45, 7) is 6.07. The van der Waals surface area contributed by atoms with Crippen LogP contribution in [0.5, 0.6) is 0 Å². The van der Waals surface area contributed by atoms with E-state index in [0.29, 0.717) is 11.3 Å². The summed E-state index contributed by atoms with van der Waals surface area (Å²) in [5.41, 5.74) is -0.632. The van der Waals surface area contributed by atoms with E-state index in [1.807, 2.05) is 0 Å². The number of nitrogens with one attached hydrogen (secondary N) is 1. The molecule has 2 aromatic rings. The van der Waals surface area contributed by atoms with Gasteiger partial charge in [-0.05, 0) is 45.4 Å². The Kier molecular flexibility index (Phi) is 7.06. The fourth-order valence-electron chi connectivity index (χ4n) is 2.95. The van der Waals surface area contributed by atoms with E-state index in [-0.39, 0.29) is 17.7 Å². The van der Waals surface area contributed by atoms with Crippen LogP contribution in [0.1, 0.15) is 37.6 Å². The third-order valence-electron chi connectivity index (χ3n) is 4.66. The van der Waals surface area contributed by atoms with Crippen molar-refractivity contribution >= 4 is 12.1 Å². The molecule has 1 atom stereocenters. The first-order chi connectivity index (χ1) is 14.4. The second kappa shape index (κ2) is 9.17. The number of nitrogens with zero attached hydrogens (tertiary/aromatic N) is 2. The second-order valence-corrected chi connectivity index (χ2v) is 8.11. The summed E-state index contributed by atoms with van der Waals surface area (Å²) >= 11 is 0. The maximum absolute atomic E-state index is 12.6. The topological polar surface area (TPSA) is 140 Å². The molecular formula is C21H27N3O7. The minimum absolute atomic E-state index is 0.0302. The van der Waals surface area contributed by atoms with E-state index in [4.69, 9.17) is 4.74 Å². The monoisotopic (exact) mass is 433 g/mol. The fraction of sp³-hybridized carbons (Fsp3) is 0.429. The number of aliphatic hydroxyl groups excluding tert-OH is 1. The molecule has 0 fully saturated rings. The Labute approximate surface area is 178 Å². The maximum Gasteiger partial charge on any atom is 0.408 e. The van der Waals surface area contributed by atoms with Crippen LogP contribution in [-0.2, 0) is 29.6 Å². The van der Waals surface area contributed by atoms with Crippen LogP contribution in [-0.4, -0.2) is 43.1 Å². The Hall–Kier alpha value is -3.40. The van der Waals surface area contributed by atoms with Gasteiger partial charge in [0.2, 0.25) is 0 Å². The van der Waals surface area contributed by atoms with Gasteiger partial charge in [-0.1, -0.05) is 12.1 Å². The summed E-state index contributed by atoms with van der Waals surface area (Å²) < 4.78 is 7.30. The van der Waals surface area contributed by atoms with Gasteiger partial charge in [0.25, 0.3) is 5.56 Å². The predicted molar refractivity (Wildman–Crippen MR) is 112 cm³/mol. The molecule has 1 aromatic carbocycles. The zero-order valence-electron chi connectivity index (χ0n) is 18.1. The van der Waals surface area contributed by atoms with Crippen molar-refractivity contribution in [3.63, 3.8) is 0 Å². The van der Waals surface area contributed by atoms with E-state index in [9.17, 15) is 29.4 Å². The molecule has 3 N–H and O–H groups in total. The van der Waals surface area contributed by atoms with Gasteiger partial charge in [-0.3, -0.25) is 4.79 Å². The Balaban J connectivity index is 2.31.